The van der Waals surface area contributed by atoms with Gasteiger partial charge in [0.2, 0.25) is 0 Å². The molecule has 10 heteroatoms. The normalized spacial score (nSPS) is 11.3. The number of hydrogen-bond donors (Lipinski definition) is 2. The minimum atomic E-state index is -4.13. The zero-order valence-electron chi connectivity index (χ0n) is 15.2. The number of anilines is 2. The van der Waals surface area contributed by atoms with Gasteiger partial charge in [-0.3, -0.25) is 9.52 Å². The summed E-state index contributed by atoms with van der Waals surface area (Å²) in [5, 5.41) is 2.57. The van der Waals surface area contributed by atoms with Crippen LogP contribution in [0.2, 0.25) is 0 Å². The van der Waals surface area contributed by atoms with Gasteiger partial charge in [0.05, 0.1) is 10.6 Å². The lowest BCUT2D eigenvalue weighted by atomic mass is 10.2. The molecule has 3 aromatic rings. The molecule has 0 aliphatic carbocycles. The van der Waals surface area contributed by atoms with Gasteiger partial charge in [-0.05, 0) is 54.6 Å². The molecule has 0 aliphatic rings. The molecule has 0 aliphatic heterocycles. The first kappa shape index (κ1) is 21.7. The van der Waals surface area contributed by atoms with Crippen LogP contribution in [0, 0.1) is 5.82 Å². The van der Waals surface area contributed by atoms with Gasteiger partial charge in [-0.2, -0.15) is 8.78 Å². The number of thioether (sulfide) groups is 1. The summed E-state index contributed by atoms with van der Waals surface area (Å²) in [6.45, 7) is 0. The number of alkyl halides is 2. The molecule has 0 unspecified atom stereocenters. The van der Waals surface area contributed by atoms with E-state index in [1.165, 1.54) is 60.7 Å². The predicted molar refractivity (Wildman–Crippen MR) is 110 cm³/mol. The maximum Gasteiger partial charge on any atom is 0.288 e. The largest absolute Gasteiger partial charge is 0.322 e. The topological polar surface area (TPSA) is 75.3 Å². The van der Waals surface area contributed by atoms with Gasteiger partial charge in [-0.15, -0.1) is 0 Å². The number of halogens is 3. The van der Waals surface area contributed by atoms with Crippen molar-refractivity contribution < 1.29 is 26.4 Å². The fourth-order valence-electron chi connectivity index (χ4n) is 2.48. The summed E-state index contributed by atoms with van der Waals surface area (Å²) < 4.78 is 65.7. The van der Waals surface area contributed by atoms with Crippen LogP contribution in [0.1, 0.15) is 10.4 Å². The van der Waals surface area contributed by atoms with E-state index in [4.69, 9.17) is 0 Å². The standard InChI is InChI=1S/C20H15F3N2O3S2/c21-17-6-1-2-7-18(17)25-30(27,28)16-5-3-4-13(12-16)19(26)24-14-8-10-15(11-9-14)29-20(22)23/h1-12,20,25H,(H,24,26). The summed E-state index contributed by atoms with van der Waals surface area (Å²) in [5.74, 6) is -3.87. The Bertz CT molecular complexity index is 1150. The second kappa shape index (κ2) is 9.23. The third-order valence-corrected chi connectivity index (χ3v) is 5.95. The highest BCUT2D eigenvalue weighted by atomic mass is 32.2. The van der Waals surface area contributed by atoms with Crippen LogP contribution >= 0.6 is 11.8 Å². The van der Waals surface area contributed by atoms with Crippen molar-refractivity contribution in [2.45, 2.75) is 15.5 Å². The number of nitrogens with one attached hydrogen (secondary N) is 2. The highest BCUT2D eigenvalue weighted by Crippen LogP contribution is 2.26. The van der Waals surface area contributed by atoms with Crippen molar-refractivity contribution in [2.75, 3.05) is 10.0 Å². The number of sulfonamides is 1. The highest BCUT2D eigenvalue weighted by Gasteiger charge is 2.18. The van der Waals surface area contributed by atoms with Crippen LogP contribution in [-0.4, -0.2) is 20.1 Å². The first-order chi connectivity index (χ1) is 14.2. The van der Waals surface area contributed by atoms with Gasteiger partial charge in [0.25, 0.3) is 21.7 Å². The second-order valence-corrected chi connectivity index (χ2v) is 8.72. The number of hydrogen-bond acceptors (Lipinski definition) is 4. The Kier molecular flexibility index (Phi) is 6.68. The number of carbonyl (C=O) groups is 1. The van der Waals surface area contributed by atoms with Crippen LogP contribution in [0.4, 0.5) is 24.5 Å². The van der Waals surface area contributed by atoms with Crippen molar-refractivity contribution in [3.05, 3.63) is 84.2 Å². The van der Waals surface area contributed by atoms with Gasteiger partial charge >= 0.3 is 0 Å². The molecule has 3 rings (SSSR count). The fraction of sp³-hybridized carbons (Fsp3) is 0.0500. The molecule has 2 N–H and O–H groups in total. The Hall–Kier alpha value is -2.98. The molecular weight excluding hydrogens is 437 g/mol. The third-order valence-electron chi connectivity index (χ3n) is 3.86. The van der Waals surface area contributed by atoms with Crippen molar-refractivity contribution >= 4 is 39.1 Å². The van der Waals surface area contributed by atoms with E-state index < -0.39 is 27.5 Å². The maximum absolute atomic E-state index is 13.7. The monoisotopic (exact) mass is 452 g/mol. The van der Waals surface area contributed by atoms with Gasteiger partial charge in [-0.1, -0.05) is 30.0 Å². The second-order valence-electron chi connectivity index (χ2n) is 5.97. The van der Waals surface area contributed by atoms with Gasteiger partial charge < -0.3 is 5.32 Å². The molecule has 1 amide bonds. The first-order valence-electron chi connectivity index (χ1n) is 8.48. The van der Waals surface area contributed by atoms with Crippen molar-refractivity contribution in [1.29, 1.82) is 0 Å². The molecule has 0 saturated heterocycles. The molecule has 0 aromatic heterocycles. The van der Waals surface area contributed by atoms with Crippen LogP contribution in [0.15, 0.2) is 82.6 Å². The molecule has 156 valence electrons. The number of carbonyl (C=O) groups excluding carboxylic acids is 1. The van der Waals surface area contributed by atoms with Gasteiger partial charge in [0.15, 0.2) is 0 Å². The van der Waals surface area contributed by atoms with Crippen molar-refractivity contribution in [3.63, 3.8) is 0 Å². The van der Waals surface area contributed by atoms with E-state index in [1.807, 2.05) is 0 Å². The summed E-state index contributed by atoms with van der Waals surface area (Å²) in [5.41, 5.74) is 0.197. The van der Waals surface area contributed by atoms with Crippen LogP contribution in [-0.2, 0) is 10.0 Å². The smallest absolute Gasteiger partial charge is 0.288 e. The Labute approximate surface area is 175 Å². The summed E-state index contributed by atoms with van der Waals surface area (Å²) in [7, 11) is -4.13. The van der Waals surface area contributed by atoms with Crippen LogP contribution in [0.3, 0.4) is 0 Å². The van der Waals surface area contributed by atoms with Crippen LogP contribution < -0.4 is 10.0 Å². The molecule has 0 saturated carbocycles. The van der Waals surface area contributed by atoms with E-state index in [1.54, 1.807) is 0 Å². The Balaban J connectivity index is 1.76. The number of benzene rings is 3. The number of rotatable bonds is 7. The molecule has 3 aromatic carbocycles. The van der Waals surface area contributed by atoms with E-state index in [0.29, 0.717) is 22.3 Å². The van der Waals surface area contributed by atoms with Gasteiger partial charge in [0.1, 0.15) is 5.82 Å². The van der Waals surface area contributed by atoms with E-state index >= 15 is 0 Å². The molecule has 0 heterocycles. The number of amides is 1. The van der Waals surface area contributed by atoms with Crippen molar-refractivity contribution in [3.8, 4) is 0 Å². The maximum atomic E-state index is 13.7. The van der Waals surface area contributed by atoms with Gasteiger partial charge in [0, 0.05) is 16.1 Å². The lowest BCUT2D eigenvalue weighted by molar-refractivity contribution is 0.102. The van der Waals surface area contributed by atoms with Crippen LogP contribution in [0.25, 0.3) is 0 Å². The summed E-state index contributed by atoms with van der Waals surface area (Å²) in [6.07, 6.45) is 0. The quantitative estimate of drug-likeness (QED) is 0.484. The molecular formula is C20H15F3N2O3S2. The van der Waals surface area contributed by atoms with Crippen molar-refractivity contribution in [1.82, 2.24) is 0 Å². The van der Waals surface area contributed by atoms with E-state index in [0.717, 1.165) is 12.1 Å². The van der Waals surface area contributed by atoms with Gasteiger partial charge in [-0.25, -0.2) is 12.8 Å². The Morgan fingerprint density at radius 1 is 0.933 bits per heavy atom. The molecule has 0 bridgehead atoms. The van der Waals surface area contributed by atoms with E-state index in [-0.39, 0.29) is 16.1 Å². The fourth-order valence-corrected chi connectivity index (χ4v) is 4.09. The van der Waals surface area contributed by atoms with Crippen molar-refractivity contribution in [2.24, 2.45) is 0 Å². The summed E-state index contributed by atoms with van der Waals surface area (Å²) in [6, 6.07) is 16.3. The van der Waals surface area contributed by atoms with E-state index in [2.05, 4.69) is 10.0 Å². The minimum Gasteiger partial charge on any atom is -0.322 e. The average Bonchev–Trinajstić information content (AvgIpc) is 2.71. The molecule has 0 atom stereocenters. The molecule has 0 fully saturated rings. The highest BCUT2D eigenvalue weighted by molar-refractivity contribution is 7.99. The molecule has 0 spiro atoms. The molecule has 0 radical (unpaired) electrons. The number of para-hydroxylation sites is 1. The lowest BCUT2D eigenvalue weighted by Gasteiger charge is -2.10. The third kappa shape index (κ3) is 5.55. The predicted octanol–water partition coefficient (Wildman–Crippen LogP) is 5.19. The SMILES string of the molecule is O=C(Nc1ccc(SC(F)F)cc1)c1cccc(S(=O)(=O)Nc2ccccc2F)c1. The zero-order chi connectivity index (χ0) is 21.7. The molecule has 5 nitrogen and oxygen atoms in total. The minimum absolute atomic E-state index is 0.0532. The van der Waals surface area contributed by atoms with Crippen LogP contribution in [0.5, 0.6) is 0 Å². The first-order valence-corrected chi connectivity index (χ1v) is 10.8. The van der Waals surface area contributed by atoms with E-state index in [9.17, 15) is 26.4 Å². The Morgan fingerprint density at radius 2 is 1.63 bits per heavy atom. The molecule has 30 heavy (non-hydrogen) atoms. The Morgan fingerprint density at radius 3 is 2.30 bits per heavy atom. The zero-order valence-corrected chi connectivity index (χ0v) is 16.8. The lowest BCUT2D eigenvalue weighted by Crippen LogP contribution is -2.16. The summed E-state index contributed by atoms with van der Waals surface area (Å²) in [4.78, 5) is 12.6. The average molecular weight is 452 g/mol. The summed E-state index contributed by atoms with van der Waals surface area (Å²) >= 11 is 0.382.